The van der Waals surface area contributed by atoms with E-state index in [1.165, 1.54) is 6.33 Å². The molecule has 2 heterocycles. The Bertz CT molecular complexity index is 318. The Labute approximate surface area is 94.2 Å². The molecule has 0 unspecified atom stereocenters. The lowest BCUT2D eigenvalue weighted by Gasteiger charge is -2.10. The van der Waals surface area contributed by atoms with Gasteiger partial charge in [0.05, 0.1) is 6.04 Å². The van der Waals surface area contributed by atoms with Crippen LogP contribution in [0.25, 0.3) is 0 Å². The number of aromatic amines is 1. The Hall–Kier alpha value is -1.43. The first kappa shape index (κ1) is 11.1. The van der Waals surface area contributed by atoms with Crippen molar-refractivity contribution in [2.75, 3.05) is 13.1 Å². The zero-order valence-electron chi connectivity index (χ0n) is 9.20. The summed E-state index contributed by atoms with van der Waals surface area (Å²) in [6.45, 7) is 1.65. The molecule has 88 valence electrons. The van der Waals surface area contributed by atoms with E-state index in [0.29, 0.717) is 6.54 Å². The Morgan fingerprint density at radius 1 is 1.62 bits per heavy atom. The van der Waals surface area contributed by atoms with Gasteiger partial charge < -0.3 is 10.6 Å². The molecule has 0 aliphatic carbocycles. The van der Waals surface area contributed by atoms with Crippen molar-refractivity contribution in [2.45, 2.75) is 31.7 Å². The molecular formula is C10H17N5O. The van der Waals surface area contributed by atoms with E-state index in [9.17, 15) is 4.79 Å². The van der Waals surface area contributed by atoms with Crippen LogP contribution in [-0.4, -0.2) is 40.2 Å². The molecule has 1 fully saturated rings. The van der Waals surface area contributed by atoms with Crippen molar-refractivity contribution in [3.05, 3.63) is 12.2 Å². The second-order valence-corrected chi connectivity index (χ2v) is 3.98. The molecule has 0 bridgehead atoms. The van der Waals surface area contributed by atoms with Crippen LogP contribution in [0.2, 0.25) is 0 Å². The van der Waals surface area contributed by atoms with Crippen LogP contribution in [0, 0.1) is 0 Å². The average Bonchev–Trinajstić information content (AvgIpc) is 2.96. The Balaban J connectivity index is 1.59. The monoisotopic (exact) mass is 223 g/mol. The fourth-order valence-electron chi connectivity index (χ4n) is 1.85. The summed E-state index contributed by atoms with van der Waals surface area (Å²) in [6, 6.07) is 0.0188. The SMILES string of the molecule is O=C(NCCCc1ncn[nH]1)[C@@H]1CCCN1. The zero-order chi connectivity index (χ0) is 11.2. The van der Waals surface area contributed by atoms with Gasteiger partial charge in [-0.15, -0.1) is 0 Å². The van der Waals surface area contributed by atoms with E-state index in [0.717, 1.165) is 38.1 Å². The number of aromatic nitrogens is 3. The molecule has 1 atom stereocenters. The Morgan fingerprint density at radius 2 is 2.56 bits per heavy atom. The molecular weight excluding hydrogens is 206 g/mol. The molecule has 0 radical (unpaired) electrons. The van der Waals surface area contributed by atoms with Crippen molar-refractivity contribution >= 4 is 5.91 Å². The molecule has 6 heteroatoms. The van der Waals surface area contributed by atoms with E-state index in [4.69, 9.17) is 0 Å². The minimum Gasteiger partial charge on any atom is -0.355 e. The molecule has 0 aromatic carbocycles. The third-order valence-electron chi connectivity index (χ3n) is 2.73. The molecule has 1 aliphatic rings. The molecule has 3 N–H and O–H groups in total. The van der Waals surface area contributed by atoms with E-state index in [1.54, 1.807) is 0 Å². The summed E-state index contributed by atoms with van der Waals surface area (Å²) in [4.78, 5) is 15.6. The third kappa shape index (κ3) is 3.03. The summed E-state index contributed by atoms with van der Waals surface area (Å²) < 4.78 is 0. The van der Waals surface area contributed by atoms with Gasteiger partial charge in [0.15, 0.2) is 0 Å². The molecule has 1 aliphatic heterocycles. The van der Waals surface area contributed by atoms with E-state index in [2.05, 4.69) is 25.8 Å². The molecule has 1 aromatic rings. The second-order valence-electron chi connectivity index (χ2n) is 3.98. The molecule has 1 aromatic heterocycles. The number of nitrogens with one attached hydrogen (secondary N) is 3. The van der Waals surface area contributed by atoms with Gasteiger partial charge in [0.2, 0.25) is 5.91 Å². The van der Waals surface area contributed by atoms with Gasteiger partial charge in [0, 0.05) is 13.0 Å². The normalized spacial score (nSPS) is 19.9. The minimum absolute atomic E-state index is 0.0188. The largest absolute Gasteiger partial charge is 0.355 e. The number of rotatable bonds is 5. The van der Waals surface area contributed by atoms with Crippen LogP contribution in [0.4, 0.5) is 0 Å². The van der Waals surface area contributed by atoms with Crippen LogP contribution in [-0.2, 0) is 11.2 Å². The van der Waals surface area contributed by atoms with Crippen LogP contribution in [0.5, 0.6) is 0 Å². The summed E-state index contributed by atoms with van der Waals surface area (Å²) in [7, 11) is 0. The molecule has 6 nitrogen and oxygen atoms in total. The van der Waals surface area contributed by atoms with Gasteiger partial charge in [0.1, 0.15) is 12.2 Å². The van der Waals surface area contributed by atoms with Crippen molar-refractivity contribution in [3.63, 3.8) is 0 Å². The number of amides is 1. The molecule has 1 saturated heterocycles. The van der Waals surface area contributed by atoms with E-state index >= 15 is 0 Å². The molecule has 0 saturated carbocycles. The van der Waals surface area contributed by atoms with Gasteiger partial charge in [-0.3, -0.25) is 9.89 Å². The maximum Gasteiger partial charge on any atom is 0.237 e. The van der Waals surface area contributed by atoms with Gasteiger partial charge in [-0.2, -0.15) is 5.10 Å². The van der Waals surface area contributed by atoms with Crippen LogP contribution in [0.3, 0.4) is 0 Å². The first-order valence-electron chi connectivity index (χ1n) is 5.71. The van der Waals surface area contributed by atoms with Gasteiger partial charge in [-0.05, 0) is 25.8 Å². The lowest BCUT2D eigenvalue weighted by atomic mass is 10.2. The first-order chi connectivity index (χ1) is 7.86. The van der Waals surface area contributed by atoms with Crippen LogP contribution >= 0.6 is 0 Å². The number of H-pyrrole nitrogens is 1. The fraction of sp³-hybridized carbons (Fsp3) is 0.700. The average molecular weight is 223 g/mol. The van der Waals surface area contributed by atoms with Crippen molar-refractivity contribution in [1.29, 1.82) is 0 Å². The second kappa shape index (κ2) is 5.60. The highest BCUT2D eigenvalue weighted by Crippen LogP contribution is 2.04. The van der Waals surface area contributed by atoms with Gasteiger partial charge in [0.25, 0.3) is 0 Å². The summed E-state index contributed by atoms with van der Waals surface area (Å²) in [5.74, 6) is 0.989. The third-order valence-corrected chi connectivity index (χ3v) is 2.73. The first-order valence-corrected chi connectivity index (χ1v) is 5.71. The number of nitrogens with zero attached hydrogens (tertiary/aromatic N) is 2. The fourth-order valence-corrected chi connectivity index (χ4v) is 1.85. The summed E-state index contributed by atoms with van der Waals surface area (Å²) in [5.41, 5.74) is 0. The van der Waals surface area contributed by atoms with Crippen molar-refractivity contribution in [3.8, 4) is 0 Å². The van der Waals surface area contributed by atoms with E-state index < -0.39 is 0 Å². The van der Waals surface area contributed by atoms with Gasteiger partial charge >= 0.3 is 0 Å². The van der Waals surface area contributed by atoms with Gasteiger partial charge in [-0.25, -0.2) is 4.98 Å². The highest BCUT2D eigenvalue weighted by molar-refractivity contribution is 5.81. The quantitative estimate of drug-likeness (QED) is 0.593. The van der Waals surface area contributed by atoms with E-state index in [-0.39, 0.29) is 11.9 Å². The lowest BCUT2D eigenvalue weighted by Crippen LogP contribution is -2.40. The maximum absolute atomic E-state index is 11.6. The minimum atomic E-state index is 0.0188. The summed E-state index contributed by atoms with van der Waals surface area (Å²) in [6.07, 6.45) is 5.24. The Morgan fingerprint density at radius 3 is 3.25 bits per heavy atom. The van der Waals surface area contributed by atoms with Crippen LogP contribution < -0.4 is 10.6 Å². The summed E-state index contributed by atoms with van der Waals surface area (Å²) >= 11 is 0. The van der Waals surface area contributed by atoms with Crippen LogP contribution in [0.15, 0.2) is 6.33 Å². The number of hydrogen-bond acceptors (Lipinski definition) is 4. The van der Waals surface area contributed by atoms with Gasteiger partial charge in [-0.1, -0.05) is 0 Å². The Kier molecular flexibility index (Phi) is 3.87. The lowest BCUT2D eigenvalue weighted by molar-refractivity contribution is -0.122. The topological polar surface area (TPSA) is 82.7 Å². The predicted molar refractivity (Wildman–Crippen MR) is 58.7 cm³/mol. The number of carbonyl (C=O) groups excluding carboxylic acids is 1. The molecule has 1 amide bonds. The number of carbonyl (C=O) groups is 1. The highest BCUT2D eigenvalue weighted by atomic mass is 16.2. The van der Waals surface area contributed by atoms with E-state index in [1.807, 2.05) is 0 Å². The van der Waals surface area contributed by atoms with Crippen LogP contribution in [0.1, 0.15) is 25.1 Å². The number of aryl methyl sites for hydroxylation is 1. The maximum atomic E-state index is 11.6. The smallest absolute Gasteiger partial charge is 0.237 e. The molecule has 0 spiro atoms. The molecule has 16 heavy (non-hydrogen) atoms. The predicted octanol–water partition coefficient (Wildman–Crippen LogP) is -0.395. The number of hydrogen-bond donors (Lipinski definition) is 3. The standard InChI is InChI=1S/C10H17N5O/c16-10(8-3-1-5-11-8)12-6-2-4-9-13-7-14-15-9/h7-8,11H,1-6H2,(H,12,16)(H,13,14,15)/t8-/m0/s1. The van der Waals surface area contributed by atoms with Crippen molar-refractivity contribution in [1.82, 2.24) is 25.8 Å². The zero-order valence-corrected chi connectivity index (χ0v) is 9.20. The molecule has 2 rings (SSSR count). The van der Waals surface area contributed by atoms with Crippen molar-refractivity contribution < 1.29 is 4.79 Å². The van der Waals surface area contributed by atoms with Crippen molar-refractivity contribution in [2.24, 2.45) is 0 Å². The highest BCUT2D eigenvalue weighted by Gasteiger charge is 2.20. The summed E-state index contributed by atoms with van der Waals surface area (Å²) in [5, 5.41) is 12.7.